The van der Waals surface area contributed by atoms with E-state index in [1.54, 1.807) is 0 Å². The molecule has 106 valence electrons. The SMILES string of the molecule is CC1CC(NS(=O)(=O)c2ccccc2S(N)(=O)=O)C1. The summed E-state index contributed by atoms with van der Waals surface area (Å²) in [4.78, 5) is -0.674. The average Bonchev–Trinajstić information content (AvgIpc) is 2.25. The Labute approximate surface area is 113 Å². The molecule has 3 N–H and O–H groups in total. The van der Waals surface area contributed by atoms with Crippen molar-refractivity contribution in [3.63, 3.8) is 0 Å². The number of hydrogen-bond donors (Lipinski definition) is 2. The molecule has 19 heavy (non-hydrogen) atoms. The predicted molar refractivity (Wildman–Crippen MR) is 70.3 cm³/mol. The summed E-state index contributed by atoms with van der Waals surface area (Å²) in [5.74, 6) is 0.487. The second-order valence-corrected chi connectivity index (χ2v) is 8.10. The lowest BCUT2D eigenvalue weighted by Crippen LogP contribution is -2.43. The normalized spacial score (nSPS) is 23.9. The van der Waals surface area contributed by atoms with E-state index in [4.69, 9.17) is 5.14 Å². The Bertz CT molecular complexity index is 676. The summed E-state index contributed by atoms with van der Waals surface area (Å²) in [5.41, 5.74) is 0. The number of nitrogens with one attached hydrogen (secondary N) is 1. The second kappa shape index (κ2) is 4.86. The summed E-state index contributed by atoms with van der Waals surface area (Å²) in [6, 6.07) is 5.20. The van der Waals surface area contributed by atoms with Gasteiger partial charge in [0.1, 0.15) is 9.79 Å². The van der Waals surface area contributed by atoms with Gasteiger partial charge in [-0.05, 0) is 30.9 Å². The summed E-state index contributed by atoms with van der Waals surface area (Å²) in [6.45, 7) is 2.03. The standard InChI is InChI=1S/C11H16N2O4S2/c1-8-6-9(7-8)13-19(16,17)11-5-3-2-4-10(11)18(12,14)15/h2-5,8-9,13H,6-7H2,1H3,(H2,12,14,15). The summed E-state index contributed by atoms with van der Waals surface area (Å²) < 4.78 is 49.7. The molecule has 0 aromatic heterocycles. The van der Waals surface area contributed by atoms with Crippen LogP contribution >= 0.6 is 0 Å². The molecule has 0 radical (unpaired) electrons. The first-order valence-electron chi connectivity index (χ1n) is 5.84. The molecule has 0 atom stereocenters. The molecule has 8 heteroatoms. The highest BCUT2D eigenvalue weighted by Gasteiger charge is 2.32. The number of primary sulfonamides is 1. The zero-order valence-electron chi connectivity index (χ0n) is 10.4. The topological polar surface area (TPSA) is 106 Å². The molecule has 1 aromatic carbocycles. The maximum Gasteiger partial charge on any atom is 0.242 e. The number of hydrogen-bond acceptors (Lipinski definition) is 4. The van der Waals surface area contributed by atoms with Crippen molar-refractivity contribution < 1.29 is 16.8 Å². The quantitative estimate of drug-likeness (QED) is 0.840. The average molecular weight is 304 g/mol. The number of nitrogens with two attached hydrogens (primary N) is 1. The van der Waals surface area contributed by atoms with Crippen LogP contribution in [-0.2, 0) is 20.0 Å². The molecule has 0 amide bonds. The van der Waals surface area contributed by atoms with Crippen molar-refractivity contribution in [2.45, 2.75) is 35.6 Å². The van der Waals surface area contributed by atoms with Crippen molar-refractivity contribution in [3.8, 4) is 0 Å². The van der Waals surface area contributed by atoms with E-state index in [0.29, 0.717) is 5.92 Å². The largest absolute Gasteiger partial charge is 0.242 e. The van der Waals surface area contributed by atoms with E-state index in [1.807, 2.05) is 6.92 Å². The van der Waals surface area contributed by atoms with Crippen LogP contribution in [0, 0.1) is 5.92 Å². The Hall–Kier alpha value is -0.960. The summed E-state index contributed by atoms with van der Waals surface area (Å²) >= 11 is 0. The van der Waals surface area contributed by atoms with Gasteiger partial charge in [0, 0.05) is 6.04 Å². The fraction of sp³-hybridized carbons (Fsp3) is 0.455. The lowest BCUT2D eigenvalue weighted by atomic mass is 9.83. The van der Waals surface area contributed by atoms with Crippen LogP contribution in [0.15, 0.2) is 34.1 Å². The fourth-order valence-corrected chi connectivity index (χ4v) is 4.83. The molecule has 0 spiro atoms. The third-order valence-corrected chi connectivity index (χ3v) is 5.82. The molecule has 0 unspecified atom stereocenters. The van der Waals surface area contributed by atoms with Crippen LogP contribution in [0.1, 0.15) is 19.8 Å². The maximum atomic E-state index is 12.2. The third-order valence-electron chi connectivity index (χ3n) is 3.14. The Kier molecular flexibility index (Phi) is 3.69. The molecule has 1 saturated carbocycles. The van der Waals surface area contributed by atoms with Gasteiger partial charge >= 0.3 is 0 Å². The molecule has 1 aliphatic carbocycles. The van der Waals surface area contributed by atoms with Crippen LogP contribution in [0.4, 0.5) is 0 Å². The first kappa shape index (κ1) is 14.4. The van der Waals surface area contributed by atoms with Gasteiger partial charge in [0.25, 0.3) is 0 Å². The first-order valence-corrected chi connectivity index (χ1v) is 8.87. The van der Waals surface area contributed by atoms with Crippen molar-refractivity contribution in [2.75, 3.05) is 0 Å². The van der Waals surface area contributed by atoms with E-state index >= 15 is 0 Å². The summed E-state index contributed by atoms with van der Waals surface area (Å²) in [5, 5.41) is 5.03. The highest BCUT2D eigenvalue weighted by molar-refractivity contribution is 7.92. The monoisotopic (exact) mass is 304 g/mol. The maximum absolute atomic E-state index is 12.2. The third kappa shape index (κ3) is 3.14. The molecule has 1 fully saturated rings. The molecule has 1 aliphatic rings. The van der Waals surface area contributed by atoms with Gasteiger partial charge in [-0.3, -0.25) is 0 Å². The summed E-state index contributed by atoms with van der Waals surface area (Å²) in [7, 11) is -7.94. The van der Waals surface area contributed by atoms with Crippen LogP contribution in [0.3, 0.4) is 0 Å². The van der Waals surface area contributed by atoms with Gasteiger partial charge in [0.05, 0.1) is 0 Å². The van der Waals surface area contributed by atoms with Gasteiger partial charge in [0.2, 0.25) is 20.0 Å². The van der Waals surface area contributed by atoms with Gasteiger partial charge in [-0.25, -0.2) is 26.7 Å². The van der Waals surface area contributed by atoms with E-state index in [9.17, 15) is 16.8 Å². The van der Waals surface area contributed by atoms with Gasteiger partial charge in [-0.15, -0.1) is 0 Å². The second-order valence-electron chi connectivity index (χ2n) is 4.89. The number of rotatable bonds is 4. The van der Waals surface area contributed by atoms with Crippen molar-refractivity contribution >= 4 is 20.0 Å². The Morgan fingerprint density at radius 1 is 1.11 bits per heavy atom. The van der Waals surface area contributed by atoms with Crippen LogP contribution < -0.4 is 9.86 Å². The number of sulfonamides is 2. The highest BCUT2D eigenvalue weighted by Crippen LogP contribution is 2.28. The molecule has 0 saturated heterocycles. The molecule has 0 heterocycles. The van der Waals surface area contributed by atoms with Crippen molar-refractivity contribution in [2.24, 2.45) is 11.1 Å². The van der Waals surface area contributed by atoms with Crippen LogP contribution in [0.25, 0.3) is 0 Å². The minimum atomic E-state index is -4.07. The highest BCUT2D eigenvalue weighted by atomic mass is 32.2. The molecule has 0 aliphatic heterocycles. The lowest BCUT2D eigenvalue weighted by Gasteiger charge is -2.33. The lowest BCUT2D eigenvalue weighted by molar-refractivity contribution is 0.270. The minimum Gasteiger partial charge on any atom is -0.225 e. The first-order chi connectivity index (χ1) is 8.70. The Morgan fingerprint density at radius 2 is 1.63 bits per heavy atom. The zero-order chi connectivity index (χ0) is 14.3. The van der Waals surface area contributed by atoms with Crippen LogP contribution in [0.5, 0.6) is 0 Å². The number of benzene rings is 1. The Balaban J connectivity index is 2.36. The van der Waals surface area contributed by atoms with E-state index < -0.39 is 20.0 Å². The predicted octanol–water partition coefficient (Wildman–Crippen LogP) is 0.411. The fourth-order valence-electron chi connectivity index (χ4n) is 2.19. The van der Waals surface area contributed by atoms with Crippen molar-refractivity contribution in [3.05, 3.63) is 24.3 Å². The van der Waals surface area contributed by atoms with Gasteiger partial charge in [-0.1, -0.05) is 19.1 Å². The Morgan fingerprint density at radius 3 is 2.11 bits per heavy atom. The van der Waals surface area contributed by atoms with E-state index in [2.05, 4.69) is 4.72 Å². The van der Waals surface area contributed by atoms with Crippen LogP contribution in [0.2, 0.25) is 0 Å². The van der Waals surface area contributed by atoms with E-state index in [0.717, 1.165) is 12.8 Å². The van der Waals surface area contributed by atoms with Crippen molar-refractivity contribution in [1.82, 2.24) is 4.72 Å². The van der Waals surface area contributed by atoms with Crippen LogP contribution in [-0.4, -0.2) is 22.9 Å². The summed E-state index contributed by atoms with van der Waals surface area (Å²) in [6.07, 6.45) is 1.52. The van der Waals surface area contributed by atoms with Crippen molar-refractivity contribution in [1.29, 1.82) is 0 Å². The molecule has 1 aromatic rings. The molecular weight excluding hydrogens is 288 g/mol. The van der Waals surface area contributed by atoms with Gasteiger partial charge in [-0.2, -0.15) is 0 Å². The smallest absolute Gasteiger partial charge is 0.225 e. The zero-order valence-corrected chi connectivity index (χ0v) is 12.0. The van der Waals surface area contributed by atoms with Gasteiger partial charge in [0.15, 0.2) is 0 Å². The molecule has 0 bridgehead atoms. The van der Waals surface area contributed by atoms with E-state index in [1.165, 1.54) is 24.3 Å². The molecule has 2 rings (SSSR count). The van der Waals surface area contributed by atoms with Gasteiger partial charge < -0.3 is 0 Å². The minimum absolute atomic E-state index is 0.131. The molecular formula is C11H16N2O4S2. The molecule has 6 nitrogen and oxygen atoms in total. The van der Waals surface area contributed by atoms with E-state index in [-0.39, 0.29) is 15.8 Å².